The van der Waals surface area contributed by atoms with Crippen LogP contribution in [0.15, 0.2) is 18.2 Å². The second-order valence-corrected chi connectivity index (χ2v) is 8.11. The summed E-state index contributed by atoms with van der Waals surface area (Å²) in [6.07, 6.45) is 4.59. The van der Waals surface area contributed by atoms with Gasteiger partial charge in [0.25, 0.3) is 0 Å². The molecule has 158 valence electrons. The maximum absolute atomic E-state index is 13.0. The van der Waals surface area contributed by atoms with E-state index in [0.29, 0.717) is 23.8 Å². The van der Waals surface area contributed by atoms with E-state index in [1.165, 1.54) is 0 Å². The molecule has 7 nitrogen and oxygen atoms in total. The molecule has 0 saturated carbocycles. The van der Waals surface area contributed by atoms with Gasteiger partial charge in [-0.25, -0.2) is 0 Å². The maximum Gasteiger partial charge on any atom is 0.245 e. The number of nitrogens with one attached hydrogen (secondary N) is 2. The van der Waals surface area contributed by atoms with Gasteiger partial charge in [0.1, 0.15) is 11.8 Å². The number of carbonyl (C=O) groups excluding carboxylic acids is 2. The maximum atomic E-state index is 13.0. The second-order valence-electron chi connectivity index (χ2n) is 7.70. The smallest absolute Gasteiger partial charge is 0.245 e. The number of hydrogen-bond acceptors (Lipinski definition) is 4. The van der Waals surface area contributed by atoms with Gasteiger partial charge in [-0.1, -0.05) is 6.07 Å². The molecule has 2 N–H and O–H groups in total. The average Bonchev–Trinajstić information content (AvgIpc) is 3.18. The molecule has 1 aromatic carbocycles. The molecule has 0 radical (unpaired) electrons. The minimum atomic E-state index is -0.431. The number of benzene rings is 1. The topological polar surface area (TPSA) is 73.9 Å². The number of carbonyl (C=O) groups is 2. The van der Waals surface area contributed by atoms with Crippen molar-refractivity contribution in [2.45, 2.75) is 45.1 Å². The Morgan fingerprint density at radius 1 is 1.21 bits per heavy atom. The molecule has 29 heavy (non-hydrogen) atoms. The van der Waals surface area contributed by atoms with Crippen molar-refractivity contribution in [2.24, 2.45) is 0 Å². The van der Waals surface area contributed by atoms with Gasteiger partial charge in [-0.15, -0.1) is 0 Å². The highest BCUT2D eigenvalue weighted by molar-refractivity contribution is 7.80. The fraction of sp³-hybridized carbons (Fsp3) is 0.571. The molecule has 1 unspecified atom stereocenters. The number of thiocarbonyl (C=S) groups is 1. The summed E-state index contributed by atoms with van der Waals surface area (Å²) in [5.41, 5.74) is 1.83. The summed E-state index contributed by atoms with van der Waals surface area (Å²) >= 11 is 5.45. The van der Waals surface area contributed by atoms with E-state index in [1.54, 1.807) is 12.0 Å². The summed E-state index contributed by atoms with van der Waals surface area (Å²) in [6, 6.07) is 5.36. The summed E-state index contributed by atoms with van der Waals surface area (Å²) < 4.78 is 5.37. The van der Waals surface area contributed by atoms with Crippen molar-refractivity contribution >= 4 is 34.8 Å². The van der Waals surface area contributed by atoms with E-state index in [9.17, 15) is 9.59 Å². The summed E-state index contributed by atoms with van der Waals surface area (Å²) in [7, 11) is 1.61. The number of rotatable bonds is 5. The lowest BCUT2D eigenvalue weighted by molar-refractivity contribution is -0.140. The molecule has 3 rings (SSSR count). The zero-order valence-electron chi connectivity index (χ0n) is 17.2. The number of methoxy groups -OCH3 is 1. The predicted octanol–water partition coefficient (Wildman–Crippen LogP) is 2.29. The quantitative estimate of drug-likeness (QED) is 0.715. The first kappa shape index (κ1) is 21.4. The van der Waals surface area contributed by atoms with E-state index < -0.39 is 6.04 Å². The van der Waals surface area contributed by atoms with Gasteiger partial charge in [-0.05, 0) is 68.9 Å². The Labute approximate surface area is 177 Å². The van der Waals surface area contributed by atoms with Gasteiger partial charge in [0.15, 0.2) is 5.11 Å². The molecule has 0 aromatic heterocycles. The number of likely N-dealkylation sites (tertiary alicyclic amines) is 2. The second kappa shape index (κ2) is 9.91. The van der Waals surface area contributed by atoms with Crippen LogP contribution in [0, 0.1) is 6.92 Å². The molecule has 1 aromatic rings. The molecule has 0 aliphatic carbocycles. The van der Waals surface area contributed by atoms with Crippen LogP contribution in [0.3, 0.4) is 0 Å². The first-order chi connectivity index (χ1) is 14.0. The Balaban J connectivity index is 1.61. The van der Waals surface area contributed by atoms with Gasteiger partial charge in [0.2, 0.25) is 11.8 Å². The first-order valence-electron chi connectivity index (χ1n) is 10.3. The Morgan fingerprint density at radius 2 is 1.93 bits per heavy atom. The molecule has 0 bridgehead atoms. The van der Waals surface area contributed by atoms with Crippen molar-refractivity contribution in [1.82, 2.24) is 15.1 Å². The van der Waals surface area contributed by atoms with Crippen LogP contribution in [-0.2, 0) is 9.59 Å². The molecule has 1 atom stereocenters. The number of nitrogens with zero attached hydrogens (tertiary/aromatic N) is 2. The van der Waals surface area contributed by atoms with Crippen molar-refractivity contribution in [1.29, 1.82) is 0 Å². The number of hydrogen-bond donors (Lipinski definition) is 2. The van der Waals surface area contributed by atoms with Gasteiger partial charge < -0.3 is 25.2 Å². The van der Waals surface area contributed by atoms with Crippen LogP contribution in [0.2, 0.25) is 0 Å². The molecule has 2 saturated heterocycles. The fourth-order valence-electron chi connectivity index (χ4n) is 3.86. The van der Waals surface area contributed by atoms with Crippen LogP contribution in [0.1, 0.15) is 37.7 Å². The van der Waals surface area contributed by atoms with Crippen LogP contribution in [0.4, 0.5) is 5.69 Å². The molecule has 2 aliphatic heterocycles. The van der Waals surface area contributed by atoms with E-state index in [0.717, 1.165) is 50.0 Å². The van der Waals surface area contributed by atoms with Gasteiger partial charge in [0, 0.05) is 19.6 Å². The molecule has 2 aliphatic rings. The zero-order valence-corrected chi connectivity index (χ0v) is 18.0. The van der Waals surface area contributed by atoms with E-state index >= 15 is 0 Å². The molecular formula is C21H30N4O3S. The van der Waals surface area contributed by atoms with Crippen LogP contribution in [0.5, 0.6) is 5.75 Å². The lowest BCUT2D eigenvalue weighted by atomic mass is 10.1. The monoisotopic (exact) mass is 418 g/mol. The minimum Gasteiger partial charge on any atom is -0.495 e. The molecule has 8 heteroatoms. The Bertz CT molecular complexity index is 764. The largest absolute Gasteiger partial charge is 0.495 e. The summed E-state index contributed by atoms with van der Waals surface area (Å²) in [6.45, 7) is 4.36. The van der Waals surface area contributed by atoms with E-state index in [4.69, 9.17) is 17.0 Å². The third-order valence-corrected chi connectivity index (χ3v) is 5.69. The highest BCUT2D eigenvalue weighted by Crippen LogP contribution is 2.25. The fourth-order valence-corrected chi connectivity index (χ4v) is 4.11. The number of amides is 2. The predicted molar refractivity (Wildman–Crippen MR) is 117 cm³/mol. The number of ether oxygens (including phenoxy) is 1. The standard InChI is InChI=1S/C21H30N4O3S/c1-15-8-9-18(28-2)17(13-15)23-21(29)22-16-7-3-4-12-25(20(16)27)14-19(26)24-10-5-6-11-24/h8-9,13,16H,3-7,10-12,14H2,1-2H3,(H2,22,23,29). The third kappa shape index (κ3) is 5.59. The molecular weight excluding hydrogens is 388 g/mol. The van der Waals surface area contributed by atoms with E-state index in [-0.39, 0.29) is 18.4 Å². The Morgan fingerprint density at radius 3 is 2.66 bits per heavy atom. The Kier molecular flexibility index (Phi) is 7.30. The van der Waals surface area contributed by atoms with Crippen LogP contribution >= 0.6 is 12.2 Å². The number of anilines is 1. The third-order valence-electron chi connectivity index (χ3n) is 5.47. The van der Waals surface area contributed by atoms with Gasteiger partial charge >= 0.3 is 0 Å². The first-order valence-corrected chi connectivity index (χ1v) is 10.7. The summed E-state index contributed by atoms with van der Waals surface area (Å²) in [5.74, 6) is 0.668. The van der Waals surface area contributed by atoms with Gasteiger partial charge in [0.05, 0.1) is 19.3 Å². The lowest BCUT2D eigenvalue weighted by Gasteiger charge is -2.27. The van der Waals surface area contributed by atoms with Crippen LogP contribution in [-0.4, -0.2) is 66.1 Å². The van der Waals surface area contributed by atoms with Crippen molar-refractivity contribution in [3.05, 3.63) is 23.8 Å². The highest BCUT2D eigenvalue weighted by Gasteiger charge is 2.30. The normalized spacial score (nSPS) is 19.7. The van der Waals surface area contributed by atoms with E-state index in [2.05, 4.69) is 10.6 Å². The minimum absolute atomic E-state index is 0.0432. The average molecular weight is 419 g/mol. The summed E-state index contributed by atoms with van der Waals surface area (Å²) in [4.78, 5) is 29.1. The zero-order chi connectivity index (χ0) is 20.8. The molecule has 0 spiro atoms. The van der Waals surface area contributed by atoms with E-state index in [1.807, 2.05) is 30.0 Å². The SMILES string of the molecule is COc1ccc(C)cc1NC(=S)NC1CCCCN(CC(=O)N2CCCC2)C1=O. The van der Waals surface area contributed by atoms with Crippen LogP contribution < -0.4 is 15.4 Å². The van der Waals surface area contributed by atoms with Crippen molar-refractivity contribution in [2.75, 3.05) is 38.6 Å². The highest BCUT2D eigenvalue weighted by atomic mass is 32.1. The molecule has 2 heterocycles. The van der Waals surface area contributed by atoms with Crippen LogP contribution in [0.25, 0.3) is 0 Å². The number of aryl methyl sites for hydroxylation is 1. The molecule has 2 amide bonds. The van der Waals surface area contributed by atoms with Crippen molar-refractivity contribution < 1.29 is 14.3 Å². The Hall–Kier alpha value is -2.35. The van der Waals surface area contributed by atoms with Gasteiger partial charge in [-0.3, -0.25) is 9.59 Å². The van der Waals surface area contributed by atoms with Gasteiger partial charge in [-0.2, -0.15) is 0 Å². The lowest BCUT2D eigenvalue weighted by Crippen LogP contribution is -2.51. The summed E-state index contributed by atoms with van der Waals surface area (Å²) in [5, 5.41) is 6.66. The van der Waals surface area contributed by atoms with Crippen molar-refractivity contribution in [3.8, 4) is 5.75 Å². The molecule has 2 fully saturated rings. The van der Waals surface area contributed by atoms with Crippen molar-refractivity contribution in [3.63, 3.8) is 0 Å².